The number of hydrogen-bond acceptors (Lipinski definition) is 3. The van der Waals surface area contributed by atoms with E-state index in [1.165, 1.54) is 18.4 Å². The van der Waals surface area contributed by atoms with Gasteiger partial charge in [0.15, 0.2) is 0 Å². The van der Waals surface area contributed by atoms with Gasteiger partial charge in [-0.05, 0) is 67.3 Å². The fraction of sp³-hybridized carbons (Fsp3) is 0.167. The minimum Gasteiger partial charge on any atom is -0.465 e. The molecule has 0 unspecified atom stereocenters. The maximum absolute atomic E-state index is 13.8. The number of amides is 2. The van der Waals surface area contributed by atoms with Crippen LogP contribution in [-0.2, 0) is 11.2 Å². The van der Waals surface area contributed by atoms with E-state index in [9.17, 15) is 14.0 Å². The van der Waals surface area contributed by atoms with E-state index in [1.54, 1.807) is 42.5 Å². The molecule has 30 heavy (non-hydrogen) atoms. The van der Waals surface area contributed by atoms with Gasteiger partial charge in [0, 0.05) is 18.2 Å². The van der Waals surface area contributed by atoms with Gasteiger partial charge < -0.3 is 15.1 Å². The Morgan fingerprint density at radius 1 is 1.03 bits per heavy atom. The lowest BCUT2D eigenvalue weighted by Crippen LogP contribution is -2.35. The van der Waals surface area contributed by atoms with Gasteiger partial charge in [0.2, 0.25) is 0 Å². The number of benzene rings is 2. The number of carbonyl (C=O) groups excluding carboxylic acids is 2. The lowest BCUT2D eigenvalue weighted by atomic mass is 10.1. The molecule has 3 aromatic rings. The van der Waals surface area contributed by atoms with Crippen molar-refractivity contribution >= 4 is 17.9 Å². The van der Waals surface area contributed by atoms with Crippen molar-refractivity contribution in [2.24, 2.45) is 0 Å². The maximum atomic E-state index is 13.8. The molecule has 2 amide bonds. The van der Waals surface area contributed by atoms with Crippen LogP contribution >= 0.6 is 0 Å². The summed E-state index contributed by atoms with van der Waals surface area (Å²) in [6, 6.07) is 15.1. The smallest absolute Gasteiger partial charge is 0.267 e. The molecule has 1 aromatic heterocycles. The van der Waals surface area contributed by atoms with Crippen LogP contribution in [0.1, 0.15) is 32.8 Å². The van der Waals surface area contributed by atoms with Gasteiger partial charge in [-0.2, -0.15) is 0 Å². The second-order valence-corrected chi connectivity index (χ2v) is 6.92. The Morgan fingerprint density at radius 3 is 2.53 bits per heavy atom. The summed E-state index contributed by atoms with van der Waals surface area (Å²) in [4.78, 5) is 25.4. The summed E-state index contributed by atoms with van der Waals surface area (Å²) >= 11 is 0. The van der Waals surface area contributed by atoms with Gasteiger partial charge in [0.1, 0.15) is 17.3 Å². The monoisotopic (exact) mass is 406 g/mol. The predicted molar refractivity (Wildman–Crippen MR) is 113 cm³/mol. The molecule has 0 bridgehead atoms. The SMILES string of the molecule is Cc1ccc(C(=O)NC(=Cc2ccco2)C(=O)NCCc2ccccc2F)cc1C. The number of nitrogens with one attached hydrogen (secondary N) is 2. The van der Waals surface area contributed by atoms with Crippen LogP contribution in [-0.4, -0.2) is 18.4 Å². The van der Waals surface area contributed by atoms with Crippen molar-refractivity contribution in [2.45, 2.75) is 20.3 Å². The van der Waals surface area contributed by atoms with Crippen LogP contribution in [0, 0.1) is 19.7 Å². The molecule has 0 aliphatic rings. The van der Waals surface area contributed by atoms with E-state index < -0.39 is 11.8 Å². The number of furan rings is 1. The lowest BCUT2D eigenvalue weighted by molar-refractivity contribution is -0.117. The number of hydrogen-bond donors (Lipinski definition) is 2. The normalized spacial score (nSPS) is 11.2. The highest BCUT2D eigenvalue weighted by atomic mass is 19.1. The van der Waals surface area contributed by atoms with Gasteiger partial charge in [0.25, 0.3) is 11.8 Å². The zero-order valence-corrected chi connectivity index (χ0v) is 16.9. The molecular formula is C24H23FN2O3. The van der Waals surface area contributed by atoms with E-state index in [0.29, 0.717) is 23.3 Å². The molecule has 0 fully saturated rings. The number of rotatable bonds is 7. The van der Waals surface area contributed by atoms with Crippen LogP contribution < -0.4 is 10.6 Å². The van der Waals surface area contributed by atoms with Gasteiger partial charge in [-0.3, -0.25) is 9.59 Å². The molecular weight excluding hydrogens is 383 g/mol. The van der Waals surface area contributed by atoms with E-state index in [1.807, 2.05) is 19.9 Å². The van der Waals surface area contributed by atoms with Gasteiger partial charge in [-0.25, -0.2) is 4.39 Å². The Labute approximate surface area is 174 Å². The van der Waals surface area contributed by atoms with Crippen molar-refractivity contribution in [1.82, 2.24) is 10.6 Å². The largest absolute Gasteiger partial charge is 0.465 e. The third-order valence-corrected chi connectivity index (χ3v) is 4.73. The summed E-state index contributed by atoms with van der Waals surface area (Å²) in [5.41, 5.74) is 3.05. The Hall–Kier alpha value is -3.67. The van der Waals surface area contributed by atoms with Crippen LogP contribution in [0.15, 0.2) is 71.0 Å². The fourth-order valence-electron chi connectivity index (χ4n) is 2.86. The number of halogens is 1. The highest BCUT2D eigenvalue weighted by Gasteiger charge is 2.16. The first-order valence-corrected chi connectivity index (χ1v) is 9.59. The molecule has 0 radical (unpaired) electrons. The molecule has 154 valence electrons. The predicted octanol–water partition coefficient (Wildman–Crippen LogP) is 4.17. The summed E-state index contributed by atoms with van der Waals surface area (Å²) in [6.07, 6.45) is 3.26. The molecule has 6 heteroatoms. The van der Waals surface area contributed by atoms with Crippen LogP contribution in [0.5, 0.6) is 0 Å². The molecule has 0 saturated heterocycles. The molecule has 1 heterocycles. The fourth-order valence-corrected chi connectivity index (χ4v) is 2.86. The second-order valence-electron chi connectivity index (χ2n) is 6.92. The van der Waals surface area contributed by atoms with Crippen LogP contribution in [0.2, 0.25) is 0 Å². The minimum absolute atomic E-state index is 0.0433. The standard InChI is InChI=1S/C24H23FN2O3/c1-16-9-10-19(14-17(16)2)23(28)27-22(15-20-7-5-13-30-20)24(29)26-12-11-18-6-3-4-8-21(18)25/h3-10,13-15H,11-12H2,1-2H3,(H,26,29)(H,27,28). The van der Waals surface area contributed by atoms with Crippen molar-refractivity contribution in [3.8, 4) is 0 Å². The second kappa shape index (κ2) is 9.69. The third kappa shape index (κ3) is 5.44. The molecule has 0 aliphatic carbocycles. The quantitative estimate of drug-likeness (QED) is 0.579. The minimum atomic E-state index is -0.486. The Bertz CT molecular complexity index is 1070. The lowest BCUT2D eigenvalue weighted by Gasteiger charge is -2.12. The van der Waals surface area contributed by atoms with E-state index in [4.69, 9.17) is 4.42 Å². The van der Waals surface area contributed by atoms with E-state index >= 15 is 0 Å². The first-order chi connectivity index (χ1) is 14.4. The maximum Gasteiger partial charge on any atom is 0.267 e. The average molecular weight is 406 g/mol. The summed E-state index contributed by atoms with van der Waals surface area (Å²) in [6.45, 7) is 4.10. The Balaban J connectivity index is 1.72. The zero-order valence-electron chi connectivity index (χ0n) is 16.9. The van der Waals surface area contributed by atoms with E-state index in [-0.39, 0.29) is 18.1 Å². The molecule has 3 rings (SSSR count). The average Bonchev–Trinajstić information content (AvgIpc) is 3.24. The number of aryl methyl sites for hydroxylation is 2. The van der Waals surface area contributed by atoms with Crippen LogP contribution in [0.3, 0.4) is 0 Å². The van der Waals surface area contributed by atoms with Gasteiger partial charge >= 0.3 is 0 Å². The molecule has 0 spiro atoms. The van der Waals surface area contributed by atoms with Gasteiger partial charge in [-0.1, -0.05) is 24.3 Å². The van der Waals surface area contributed by atoms with Crippen molar-refractivity contribution < 1.29 is 18.4 Å². The van der Waals surface area contributed by atoms with Gasteiger partial charge in [0.05, 0.1) is 6.26 Å². The van der Waals surface area contributed by atoms with E-state index in [0.717, 1.165) is 11.1 Å². The van der Waals surface area contributed by atoms with Crippen LogP contribution in [0.25, 0.3) is 6.08 Å². The van der Waals surface area contributed by atoms with Crippen molar-refractivity contribution in [1.29, 1.82) is 0 Å². The molecule has 2 N–H and O–H groups in total. The third-order valence-electron chi connectivity index (χ3n) is 4.73. The van der Waals surface area contributed by atoms with Crippen molar-refractivity contribution in [3.05, 3.63) is 100 Å². The van der Waals surface area contributed by atoms with Crippen LogP contribution in [0.4, 0.5) is 4.39 Å². The zero-order chi connectivity index (χ0) is 21.5. The summed E-state index contributed by atoms with van der Waals surface area (Å²) < 4.78 is 19.0. The first-order valence-electron chi connectivity index (χ1n) is 9.59. The van der Waals surface area contributed by atoms with Crippen molar-refractivity contribution in [2.75, 3.05) is 6.54 Å². The topological polar surface area (TPSA) is 71.3 Å². The molecule has 0 saturated carbocycles. The summed E-state index contributed by atoms with van der Waals surface area (Å²) in [7, 11) is 0. The highest BCUT2D eigenvalue weighted by Crippen LogP contribution is 2.12. The molecule has 5 nitrogen and oxygen atoms in total. The first kappa shape index (κ1) is 21.0. The molecule has 2 aromatic carbocycles. The number of carbonyl (C=O) groups is 2. The molecule has 0 atom stereocenters. The Morgan fingerprint density at radius 2 is 1.83 bits per heavy atom. The van der Waals surface area contributed by atoms with Crippen molar-refractivity contribution in [3.63, 3.8) is 0 Å². The molecule has 0 aliphatic heterocycles. The van der Waals surface area contributed by atoms with E-state index in [2.05, 4.69) is 10.6 Å². The summed E-state index contributed by atoms with van der Waals surface area (Å²) in [5, 5.41) is 5.37. The Kier molecular flexibility index (Phi) is 6.80. The van der Waals surface area contributed by atoms with Gasteiger partial charge in [-0.15, -0.1) is 0 Å². The highest BCUT2D eigenvalue weighted by molar-refractivity contribution is 6.05. The summed E-state index contributed by atoms with van der Waals surface area (Å²) in [5.74, 6) is -0.782.